The Labute approximate surface area is 181 Å². The number of amides is 2. The number of allylic oxidation sites excluding steroid dienone is 1. The Morgan fingerprint density at radius 1 is 1.06 bits per heavy atom. The van der Waals surface area contributed by atoms with E-state index in [0.29, 0.717) is 11.3 Å². The molecule has 2 amide bonds. The third-order valence-electron chi connectivity index (χ3n) is 5.22. The lowest BCUT2D eigenvalue weighted by Gasteiger charge is -2.35. The van der Waals surface area contributed by atoms with Gasteiger partial charge in [-0.15, -0.1) is 0 Å². The van der Waals surface area contributed by atoms with Crippen LogP contribution in [0.15, 0.2) is 65.9 Å². The minimum absolute atomic E-state index is 0.0593. The molecule has 1 heterocycles. The molecule has 0 aliphatic carbocycles. The van der Waals surface area contributed by atoms with Crippen molar-refractivity contribution < 1.29 is 24.2 Å². The smallest absolute Gasteiger partial charge is 0.338 e. The Morgan fingerprint density at radius 3 is 2.32 bits per heavy atom. The number of urea groups is 1. The summed E-state index contributed by atoms with van der Waals surface area (Å²) in [6.07, 6.45) is 0.225. The highest BCUT2D eigenvalue weighted by molar-refractivity contribution is 5.95. The number of ether oxygens (including phenoxy) is 1. The van der Waals surface area contributed by atoms with E-state index in [1.165, 1.54) is 4.90 Å². The first-order chi connectivity index (χ1) is 14.9. The lowest BCUT2D eigenvalue weighted by molar-refractivity contribution is -0.139. The summed E-state index contributed by atoms with van der Waals surface area (Å²) in [5, 5.41) is 11.8. The van der Waals surface area contributed by atoms with Gasteiger partial charge in [0.2, 0.25) is 0 Å². The summed E-state index contributed by atoms with van der Waals surface area (Å²) in [4.78, 5) is 37.8. The van der Waals surface area contributed by atoms with Crippen LogP contribution >= 0.6 is 0 Å². The van der Waals surface area contributed by atoms with E-state index in [4.69, 9.17) is 9.84 Å². The van der Waals surface area contributed by atoms with E-state index in [1.807, 2.05) is 54.6 Å². The van der Waals surface area contributed by atoms with Gasteiger partial charge in [-0.1, -0.05) is 54.6 Å². The van der Waals surface area contributed by atoms with E-state index >= 15 is 0 Å². The van der Waals surface area contributed by atoms with Crippen LogP contribution in [0.4, 0.5) is 4.79 Å². The van der Waals surface area contributed by atoms with Gasteiger partial charge in [-0.25, -0.2) is 9.59 Å². The largest absolute Gasteiger partial charge is 0.481 e. The molecule has 162 valence electrons. The number of carboxylic acids is 1. The number of rotatable bonds is 8. The van der Waals surface area contributed by atoms with Crippen molar-refractivity contribution in [1.29, 1.82) is 0 Å². The predicted octanol–water partition coefficient (Wildman–Crippen LogP) is 4.12. The van der Waals surface area contributed by atoms with Crippen LogP contribution in [0.1, 0.15) is 38.3 Å². The highest BCUT2D eigenvalue weighted by Gasteiger charge is 2.36. The Hall–Kier alpha value is -3.61. The van der Waals surface area contributed by atoms with Crippen molar-refractivity contribution in [3.05, 3.63) is 71.4 Å². The van der Waals surface area contributed by atoms with Crippen LogP contribution in [0.2, 0.25) is 0 Å². The number of nitrogens with one attached hydrogen (secondary N) is 1. The lowest BCUT2D eigenvalue weighted by Crippen LogP contribution is -2.48. The van der Waals surface area contributed by atoms with E-state index in [-0.39, 0.29) is 32.0 Å². The Bertz CT molecular complexity index is 983. The van der Waals surface area contributed by atoms with Crippen molar-refractivity contribution in [2.45, 2.75) is 32.7 Å². The van der Waals surface area contributed by atoms with E-state index in [0.717, 1.165) is 16.7 Å². The zero-order valence-electron chi connectivity index (χ0n) is 17.6. The fourth-order valence-electron chi connectivity index (χ4n) is 3.66. The fourth-order valence-corrected chi connectivity index (χ4v) is 3.66. The quantitative estimate of drug-likeness (QED) is 0.624. The first-order valence-corrected chi connectivity index (χ1v) is 10.3. The molecule has 3 rings (SSSR count). The molecule has 1 aliphatic heterocycles. The van der Waals surface area contributed by atoms with Crippen LogP contribution in [0.5, 0.6) is 0 Å². The van der Waals surface area contributed by atoms with Gasteiger partial charge in [-0.05, 0) is 37.0 Å². The summed E-state index contributed by atoms with van der Waals surface area (Å²) in [7, 11) is 0. The monoisotopic (exact) mass is 422 g/mol. The molecule has 31 heavy (non-hydrogen) atoms. The van der Waals surface area contributed by atoms with Gasteiger partial charge in [0.25, 0.3) is 0 Å². The van der Waals surface area contributed by atoms with Crippen molar-refractivity contribution in [3.8, 4) is 11.1 Å². The normalized spacial score (nSPS) is 16.1. The highest BCUT2D eigenvalue weighted by Crippen LogP contribution is 2.32. The van der Waals surface area contributed by atoms with Gasteiger partial charge in [0.05, 0.1) is 18.2 Å². The number of hydrogen-bond donors (Lipinski definition) is 2. The van der Waals surface area contributed by atoms with Crippen LogP contribution in [0.3, 0.4) is 0 Å². The summed E-state index contributed by atoms with van der Waals surface area (Å²) in [6.45, 7) is 3.83. The van der Waals surface area contributed by atoms with E-state index in [1.54, 1.807) is 13.8 Å². The first kappa shape index (κ1) is 22.1. The molecule has 2 aromatic rings. The van der Waals surface area contributed by atoms with Gasteiger partial charge < -0.3 is 15.2 Å². The van der Waals surface area contributed by atoms with Crippen molar-refractivity contribution in [1.82, 2.24) is 10.2 Å². The summed E-state index contributed by atoms with van der Waals surface area (Å²) >= 11 is 0. The van der Waals surface area contributed by atoms with Crippen LogP contribution < -0.4 is 5.32 Å². The second-order valence-corrected chi connectivity index (χ2v) is 7.24. The number of aliphatic carboxylic acids is 1. The third-order valence-corrected chi connectivity index (χ3v) is 5.22. The molecule has 1 unspecified atom stereocenters. The molecule has 0 fully saturated rings. The minimum Gasteiger partial charge on any atom is -0.481 e. The highest BCUT2D eigenvalue weighted by atomic mass is 16.5. The molecule has 0 radical (unpaired) electrons. The molecular weight excluding hydrogens is 396 g/mol. The molecular formula is C24H26N2O5. The molecule has 0 bridgehead atoms. The maximum atomic E-state index is 12.8. The predicted molar refractivity (Wildman–Crippen MR) is 116 cm³/mol. The minimum atomic E-state index is -0.930. The zero-order chi connectivity index (χ0) is 22.4. The Kier molecular flexibility index (Phi) is 7.07. The maximum absolute atomic E-state index is 12.8. The topological polar surface area (TPSA) is 95.9 Å². The molecule has 7 heteroatoms. The number of nitrogens with zero attached hydrogens (tertiary/aromatic N) is 1. The number of hydrogen-bond acceptors (Lipinski definition) is 4. The van der Waals surface area contributed by atoms with Crippen LogP contribution in [0, 0.1) is 0 Å². The number of esters is 1. The Balaban J connectivity index is 1.92. The molecule has 7 nitrogen and oxygen atoms in total. The number of carbonyl (C=O) groups is 3. The van der Waals surface area contributed by atoms with Gasteiger partial charge in [0.1, 0.15) is 0 Å². The molecule has 0 aromatic heterocycles. The molecule has 2 aromatic carbocycles. The Morgan fingerprint density at radius 2 is 1.71 bits per heavy atom. The number of carbonyl (C=O) groups excluding carboxylic acids is 2. The second-order valence-electron chi connectivity index (χ2n) is 7.24. The lowest BCUT2D eigenvalue weighted by atomic mass is 9.93. The van der Waals surface area contributed by atoms with Gasteiger partial charge >= 0.3 is 18.0 Å². The second kappa shape index (κ2) is 9.93. The molecule has 1 aliphatic rings. The first-order valence-electron chi connectivity index (χ1n) is 10.3. The molecule has 2 N–H and O–H groups in total. The molecule has 0 spiro atoms. The van der Waals surface area contributed by atoms with Gasteiger partial charge in [-0.2, -0.15) is 0 Å². The number of benzene rings is 2. The van der Waals surface area contributed by atoms with Crippen molar-refractivity contribution >= 4 is 18.0 Å². The summed E-state index contributed by atoms with van der Waals surface area (Å²) < 4.78 is 5.25. The molecule has 0 saturated heterocycles. The molecule has 0 saturated carbocycles. The van der Waals surface area contributed by atoms with Crippen molar-refractivity contribution in [3.63, 3.8) is 0 Å². The van der Waals surface area contributed by atoms with Crippen LogP contribution in [0.25, 0.3) is 11.1 Å². The summed E-state index contributed by atoms with van der Waals surface area (Å²) in [5.74, 6) is -1.43. The summed E-state index contributed by atoms with van der Waals surface area (Å²) in [5.41, 5.74) is 3.69. The average molecular weight is 422 g/mol. The van der Waals surface area contributed by atoms with Gasteiger partial charge in [0.15, 0.2) is 0 Å². The molecule has 1 atom stereocenters. The maximum Gasteiger partial charge on any atom is 0.338 e. The zero-order valence-corrected chi connectivity index (χ0v) is 17.6. The van der Waals surface area contributed by atoms with Crippen LogP contribution in [-0.2, 0) is 14.3 Å². The van der Waals surface area contributed by atoms with E-state index < -0.39 is 18.0 Å². The van der Waals surface area contributed by atoms with Gasteiger partial charge in [0, 0.05) is 18.7 Å². The van der Waals surface area contributed by atoms with Crippen LogP contribution in [-0.4, -0.2) is 41.1 Å². The van der Waals surface area contributed by atoms with Gasteiger partial charge in [-0.3, -0.25) is 9.69 Å². The van der Waals surface area contributed by atoms with E-state index in [9.17, 15) is 14.4 Å². The van der Waals surface area contributed by atoms with Crippen molar-refractivity contribution in [2.75, 3.05) is 13.2 Å². The third kappa shape index (κ3) is 5.12. The number of carboxylic acid groups (broad SMARTS) is 1. The summed E-state index contributed by atoms with van der Waals surface area (Å²) in [6, 6.07) is 16.6. The average Bonchev–Trinajstić information content (AvgIpc) is 2.76. The fraction of sp³-hybridized carbons (Fsp3) is 0.292. The van der Waals surface area contributed by atoms with E-state index in [2.05, 4.69) is 5.32 Å². The SMILES string of the molecule is CCOC(=O)C1=C(C)N(CCCC(=O)O)C(=O)NC1c1ccc(-c2ccccc2)cc1. The van der Waals surface area contributed by atoms with Crippen molar-refractivity contribution in [2.24, 2.45) is 0 Å². The standard InChI is InChI=1S/C24H26N2O5/c1-3-31-23(29)21-16(2)26(15-7-10-20(27)28)24(30)25-22(21)19-13-11-18(12-14-19)17-8-5-4-6-9-17/h4-6,8-9,11-14,22H,3,7,10,15H2,1-2H3,(H,25,30)(H,27,28).